The largest absolute Gasteiger partial charge is 0.345 e. The van der Waals surface area contributed by atoms with Gasteiger partial charge in [0.1, 0.15) is 0 Å². The summed E-state index contributed by atoms with van der Waals surface area (Å²) in [6, 6.07) is 5.72. The van der Waals surface area contributed by atoms with Crippen LogP contribution in [0, 0.1) is 7.14 Å². The summed E-state index contributed by atoms with van der Waals surface area (Å²) in [5.74, 6) is 0.0503. The fraction of sp³-hybridized carbons (Fsp3) is 0.222. The quantitative estimate of drug-likeness (QED) is 0.663. The molecule has 1 rings (SSSR count). The number of amides is 1. The van der Waals surface area contributed by atoms with Crippen molar-refractivity contribution in [3.05, 3.63) is 30.9 Å². The van der Waals surface area contributed by atoms with Gasteiger partial charge in [0.05, 0.1) is 0 Å². The Balaban J connectivity index is 3.04. The lowest BCUT2D eigenvalue weighted by atomic mass is 10.2. The van der Waals surface area contributed by atoms with Gasteiger partial charge in [0.2, 0.25) is 0 Å². The van der Waals surface area contributed by atoms with Gasteiger partial charge >= 0.3 is 0 Å². The second-order valence-electron chi connectivity index (χ2n) is 2.83. The summed E-state index contributed by atoms with van der Waals surface area (Å²) in [5, 5.41) is 0. The molecule has 0 radical (unpaired) electrons. The highest BCUT2D eigenvalue weighted by Crippen LogP contribution is 2.17. The van der Waals surface area contributed by atoms with E-state index in [1.807, 2.05) is 18.2 Å². The topological polar surface area (TPSA) is 20.3 Å². The highest BCUT2D eigenvalue weighted by atomic mass is 127. The summed E-state index contributed by atoms with van der Waals surface area (Å²) in [4.78, 5) is 13.1. The van der Waals surface area contributed by atoms with Crippen LogP contribution in [-0.2, 0) is 0 Å². The number of halogens is 2. The van der Waals surface area contributed by atoms with Gasteiger partial charge in [0, 0.05) is 26.8 Å². The third-order valence-corrected chi connectivity index (χ3v) is 4.44. The summed E-state index contributed by atoms with van der Waals surface area (Å²) in [6.07, 6.45) is 0. The van der Waals surface area contributed by atoms with E-state index in [2.05, 4.69) is 45.2 Å². The minimum atomic E-state index is 0.0503. The first-order valence-corrected chi connectivity index (χ1v) is 5.85. The van der Waals surface area contributed by atoms with Gasteiger partial charge in [0.15, 0.2) is 0 Å². The van der Waals surface area contributed by atoms with Crippen LogP contribution in [0.4, 0.5) is 0 Å². The predicted molar refractivity (Wildman–Crippen MR) is 69.9 cm³/mol. The molecule has 0 aliphatic heterocycles. The van der Waals surface area contributed by atoms with Crippen LogP contribution in [-0.4, -0.2) is 24.9 Å². The van der Waals surface area contributed by atoms with Crippen molar-refractivity contribution in [3.63, 3.8) is 0 Å². The van der Waals surface area contributed by atoms with Gasteiger partial charge < -0.3 is 4.90 Å². The van der Waals surface area contributed by atoms with Crippen molar-refractivity contribution >= 4 is 51.1 Å². The van der Waals surface area contributed by atoms with Gasteiger partial charge in [-0.05, 0) is 63.4 Å². The molecule has 1 aromatic carbocycles. The third kappa shape index (κ3) is 2.80. The second-order valence-corrected chi connectivity index (χ2v) is 5.15. The lowest BCUT2D eigenvalue weighted by Crippen LogP contribution is -2.21. The molecule has 0 spiro atoms. The van der Waals surface area contributed by atoms with Gasteiger partial charge in [-0.3, -0.25) is 4.79 Å². The van der Waals surface area contributed by atoms with Crippen LogP contribution in [0.1, 0.15) is 10.4 Å². The van der Waals surface area contributed by atoms with Crippen molar-refractivity contribution in [1.29, 1.82) is 0 Å². The normalized spacial score (nSPS) is 9.85. The number of hydrogen-bond acceptors (Lipinski definition) is 1. The molecule has 0 N–H and O–H groups in total. The summed E-state index contributed by atoms with van der Waals surface area (Å²) in [5.41, 5.74) is 0.745. The highest BCUT2D eigenvalue weighted by Gasteiger charge is 2.08. The maximum Gasteiger partial charge on any atom is 0.253 e. The van der Waals surface area contributed by atoms with Gasteiger partial charge in [-0.1, -0.05) is 0 Å². The average molecular weight is 401 g/mol. The lowest BCUT2D eigenvalue weighted by Gasteiger charge is -2.10. The lowest BCUT2D eigenvalue weighted by molar-refractivity contribution is 0.0827. The SMILES string of the molecule is CN(C)C(=O)c1ccc(I)c(I)c1. The molecule has 0 atom stereocenters. The summed E-state index contributed by atoms with van der Waals surface area (Å²) in [7, 11) is 3.51. The first kappa shape index (κ1) is 11.2. The Kier molecular flexibility index (Phi) is 3.96. The summed E-state index contributed by atoms with van der Waals surface area (Å²) < 4.78 is 2.29. The van der Waals surface area contributed by atoms with Crippen LogP contribution >= 0.6 is 45.2 Å². The van der Waals surface area contributed by atoms with Crippen molar-refractivity contribution in [2.75, 3.05) is 14.1 Å². The standard InChI is InChI=1S/C9H9I2NO/c1-12(2)9(13)6-3-4-7(10)8(11)5-6/h3-5H,1-2H3. The van der Waals surface area contributed by atoms with E-state index in [0.29, 0.717) is 0 Å². The maximum atomic E-state index is 11.5. The molecule has 0 heterocycles. The van der Waals surface area contributed by atoms with Crippen LogP contribution in [0.2, 0.25) is 0 Å². The molecular weight excluding hydrogens is 392 g/mol. The van der Waals surface area contributed by atoms with Crippen molar-refractivity contribution in [2.45, 2.75) is 0 Å². The molecule has 13 heavy (non-hydrogen) atoms. The van der Waals surface area contributed by atoms with E-state index in [1.54, 1.807) is 19.0 Å². The number of benzene rings is 1. The zero-order valence-corrected chi connectivity index (χ0v) is 11.7. The molecule has 0 bridgehead atoms. The molecule has 0 aromatic heterocycles. The molecule has 2 nitrogen and oxygen atoms in total. The molecule has 70 valence electrons. The average Bonchev–Trinajstić information content (AvgIpc) is 2.08. The van der Waals surface area contributed by atoms with E-state index in [4.69, 9.17) is 0 Å². The molecule has 4 heteroatoms. The molecule has 0 aliphatic rings. The van der Waals surface area contributed by atoms with Crippen LogP contribution in [0.15, 0.2) is 18.2 Å². The Hall–Kier alpha value is 0.150. The van der Waals surface area contributed by atoms with Crippen LogP contribution in [0.25, 0.3) is 0 Å². The summed E-state index contributed by atoms with van der Waals surface area (Å²) in [6.45, 7) is 0. The van der Waals surface area contributed by atoms with Crippen LogP contribution < -0.4 is 0 Å². The van der Waals surface area contributed by atoms with Crippen molar-refractivity contribution < 1.29 is 4.79 Å². The molecular formula is C9H9I2NO. The Morgan fingerprint density at radius 2 is 1.85 bits per heavy atom. The van der Waals surface area contributed by atoms with E-state index in [9.17, 15) is 4.79 Å². The number of rotatable bonds is 1. The maximum absolute atomic E-state index is 11.5. The minimum absolute atomic E-state index is 0.0503. The first-order chi connectivity index (χ1) is 6.02. The Morgan fingerprint density at radius 1 is 1.23 bits per heavy atom. The zero-order valence-electron chi connectivity index (χ0n) is 7.34. The number of carbonyl (C=O) groups excluding carboxylic acids is 1. The van der Waals surface area contributed by atoms with Gasteiger partial charge in [-0.25, -0.2) is 0 Å². The second kappa shape index (κ2) is 4.59. The van der Waals surface area contributed by atoms with Gasteiger partial charge in [-0.2, -0.15) is 0 Å². The molecule has 0 aliphatic carbocycles. The highest BCUT2D eigenvalue weighted by molar-refractivity contribution is 14.1. The number of carbonyl (C=O) groups is 1. The van der Waals surface area contributed by atoms with Crippen LogP contribution in [0.5, 0.6) is 0 Å². The third-order valence-electron chi connectivity index (χ3n) is 1.57. The molecule has 0 fully saturated rings. The predicted octanol–water partition coefficient (Wildman–Crippen LogP) is 2.60. The van der Waals surface area contributed by atoms with E-state index >= 15 is 0 Å². The number of hydrogen-bond donors (Lipinski definition) is 0. The van der Waals surface area contributed by atoms with Crippen LogP contribution in [0.3, 0.4) is 0 Å². The molecule has 0 unspecified atom stereocenters. The van der Waals surface area contributed by atoms with Gasteiger partial charge in [0.25, 0.3) is 5.91 Å². The summed E-state index contributed by atoms with van der Waals surface area (Å²) >= 11 is 4.48. The minimum Gasteiger partial charge on any atom is -0.345 e. The Morgan fingerprint density at radius 3 is 2.31 bits per heavy atom. The molecule has 1 aromatic rings. The van der Waals surface area contributed by atoms with E-state index in [-0.39, 0.29) is 5.91 Å². The molecule has 1 amide bonds. The molecule has 0 saturated carbocycles. The van der Waals surface area contributed by atoms with E-state index in [0.717, 1.165) is 9.13 Å². The smallest absolute Gasteiger partial charge is 0.253 e. The molecule has 0 saturated heterocycles. The Labute approximate surface area is 105 Å². The van der Waals surface area contributed by atoms with Gasteiger partial charge in [-0.15, -0.1) is 0 Å². The van der Waals surface area contributed by atoms with Crippen molar-refractivity contribution in [3.8, 4) is 0 Å². The monoisotopic (exact) mass is 401 g/mol. The zero-order chi connectivity index (χ0) is 10.0. The number of nitrogens with zero attached hydrogens (tertiary/aromatic N) is 1. The van der Waals surface area contributed by atoms with Crippen molar-refractivity contribution in [1.82, 2.24) is 4.90 Å². The van der Waals surface area contributed by atoms with E-state index < -0.39 is 0 Å². The fourth-order valence-electron chi connectivity index (χ4n) is 0.887. The fourth-order valence-corrected chi connectivity index (χ4v) is 1.74. The van der Waals surface area contributed by atoms with E-state index in [1.165, 1.54) is 3.57 Å². The van der Waals surface area contributed by atoms with Crippen molar-refractivity contribution in [2.24, 2.45) is 0 Å². The Bertz CT molecular complexity index is 336. The first-order valence-electron chi connectivity index (χ1n) is 3.69.